The Morgan fingerprint density at radius 3 is 2.52 bits per heavy atom. The van der Waals surface area contributed by atoms with Gasteiger partial charge in [0.25, 0.3) is 0 Å². The van der Waals surface area contributed by atoms with Crippen LogP contribution in [0.2, 0.25) is 0 Å². The number of rotatable bonds is 4. The Kier molecular flexibility index (Phi) is 5.21. The van der Waals surface area contributed by atoms with Crippen LogP contribution in [0.5, 0.6) is 0 Å². The van der Waals surface area contributed by atoms with Gasteiger partial charge in [-0.3, -0.25) is 0 Å². The summed E-state index contributed by atoms with van der Waals surface area (Å²) in [6.45, 7) is 4.52. The molecule has 0 radical (unpaired) electrons. The van der Waals surface area contributed by atoms with Crippen molar-refractivity contribution >= 4 is 6.09 Å². The highest BCUT2D eigenvalue weighted by molar-refractivity contribution is 5.68. The summed E-state index contributed by atoms with van der Waals surface area (Å²) in [7, 11) is 0. The summed E-state index contributed by atoms with van der Waals surface area (Å²) in [5, 5.41) is 11.6. The Morgan fingerprint density at radius 2 is 2.10 bits per heavy atom. The molecule has 0 saturated heterocycles. The Labute approximate surface area is 119 Å². The summed E-state index contributed by atoms with van der Waals surface area (Å²) in [4.78, 5) is 14.8. The first-order valence-electron chi connectivity index (χ1n) is 6.20. The molecule has 1 atom stereocenters. The van der Waals surface area contributed by atoms with Crippen LogP contribution in [0.3, 0.4) is 0 Å². The number of nitrogens with one attached hydrogen (secondary N) is 1. The highest BCUT2D eigenvalue weighted by Crippen LogP contribution is 2.27. The molecule has 6 nitrogen and oxygen atoms in total. The van der Waals surface area contributed by atoms with Gasteiger partial charge < -0.3 is 19.7 Å². The predicted octanol–water partition coefficient (Wildman–Crippen LogP) is 1.79. The zero-order chi connectivity index (χ0) is 16.3. The van der Waals surface area contributed by atoms with Crippen LogP contribution >= 0.6 is 0 Å². The Balaban J connectivity index is 2.62. The number of carbonyl (C=O) groups excluding carboxylic acids is 1. The first-order chi connectivity index (χ1) is 9.51. The molecule has 1 aromatic heterocycles. The average Bonchev–Trinajstić information content (AvgIpc) is 2.73. The van der Waals surface area contributed by atoms with Crippen molar-refractivity contribution in [1.82, 2.24) is 14.9 Å². The molecule has 1 heterocycles. The van der Waals surface area contributed by atoms with E-state index in [1.54, 1.807) is 20.8 Å². The van der Waals surface area contributed by atoms with Crippen molar-refractivity contribution in [3.63, 3.8) is 0 Å². The monoisotopic (exact) mass is 309 g/mol. The first kappa shape index (κ1) is 17.3. The molecule has 2 N–H and O–H groups in total. The minimum Gasteiger partial charge on any atom is -0.444 e. The van der Waals surface area contributed by atoms with Gasteiger partial charge >= 0.3 is 12.3 Å². The van der Waals surface area contributed by atoms with Crippen molar-refractivity contribution in [2.75, 3.05) is 6.61 Å². The number of aromatic nitrogens is 2. The molecular weight excluding hydrogens is 291 g/mol. The molecule has 9 heteroatoms. The Hall–Kier alpha value is -1.77. The van der Waals surface area contributed by atoms with Crippen molar-refractivity contribution < 1.29 is 27.8 Å². The number of amides is 1. The lowest BCUT2D eigenvalue weighted by atomic mass is 10.2. The molecule has 1 amide bonds. The lowest BCUT2D eigenvalue weighted by Crippen LogP contribution is -2.43. The Morgan fingerprint density at radius 1 is 1.48 bits per heavy atom. The second-order valence-electron chi connectivity index (χ2n) is 5.48. The number of halogens is 3. The van der Waals surface area contributed by atoms with E-state index in [4.69, 9.17) is 4.74 Å². The average molecular weight is 309 g/mol. The van der Waals surface area contributed by atoms with Crippen LogP contribution < -0.4 is 5.32 Å². The number of aliphatic hydroxyl groups is 1. The van der Waals surface area contributed by atoms with Gasteiger partial charge in [0.1, 0.15) is 5.60 Å². The number of carbonyl (C=O) groups is 1. The lowest BCUT2D eigenvalue weighted by Gasteiger charge is -2.22. The molecule has 0 aliphatic heterocycles. The van der Waals surface area contributed by atoms with Gasteiger partial charge in [0.15, 0.2) is 5.69 Å². The largest absolute Gasteiger partial charge is 0.444 e. The standard InChI is InChI=1S/C12H18F3N3O3/c1-11(2,3)21-10(20)17-8(6-19)4-18-5-9(16-7-18)12(13,14)15/h5,7-8,19H,4,6H2,1-3H3,(H,17,20). The van der Waals surface area contributed by atoms with Crippen molar-refractivity contribution in [2.24, 2.45) is 0 Å². The maximum Gasteiger partial charge on any atom is 0.434 e. The number of nitrogens with zero attached hydrogens (tertiary/aromatic N) is 2. The molecule has 1 unspecified atom stereocenters. The van der Waals surface area contributed by atoms with Crippen LogP contribution in [-0.2, 0) is 17.5 Å². The van der Waals surface area contributed by atoms with Crippen molar-refractivity contribution in [3.05, 3.63) is 18.2 Å². The minimum atomic E-state index is -4.53. The number of alkyl halides is 3. The zero-order valence-electron chi connectivity index (χ0n) is 11.9. The minimum absolute atomic E-state index is 0.0567. The summed E-state index contributed by atoms with van der Waals surface area (Å²) >= 11 is 0. The molecule has 0 saturated carbocycles. The van der Waals surface area contributed by atoms with Gasteiger partial charge in [-0.2, -0.15) is 13.2 Å². The summed E-state index contributed by atoms with van der Waals surface area (Å²) in [5.41, 5.74) is -1.74. The number of hydrogen-bond acceptors (Lipinski definition) is 4. The van der Waals surface area contributed by atoms with Crippen LogP contribution in [0.1, 0.15) is 26.5 Å². The normalized spacial score (nSPS) is 13.9. The fourth-order valence-corrected chi connectivity index (χ4v) is 1.48. The summed E-state index contributed by atoms with van der Waals surface area (Å²) in [6, 6.07) is -0.782. The van der Waals surface area contributed by atoms with Crippen LogP contribution in [0, 0.1) is 0 Å². The van der Waals surface area contributed by atoms with Crippen molar-refractivity contribution in [1.29, 1.82) is 0 Å². The molecule has 21 heavy (non-hydrogen) atoms. The lowest BCUT2D eigenvalue weighted by molar-refractivity contribution is -0.141. The van der Waals surface area contributed by atoms with E-state index in [0.717, 1.165) is 17.1 Å². The second kappa shape index (κ2) is 6.33. The molecule has 0 fully saturated rings. The third kappa shape index (κ3) is 6.03. The third-order valence-electron chi connectivity index (χ3n) is 2.30. The fraction of sp³-hybridized carbons (Fsp3) is 0.667. The maximum absolute atomic E-state index is 12.4. The smallest absolute Gasteiger partial charge is 0.434 e. The van der Waals surface area contributed by atoms with E-state index >= 15 is 0 Å². The van der Waals surface area contributed by atoms with Gasteiger partial charge in [-0.15, -0.1) is 0 Å². The van der Waals surface area contributed by atoms with Crippen LogP contribution in [0.25, 0.3) is 0 Å². The van der Waals surface area contributed by atoms with Crippen molar-refractivity contribution in [2.45, 2.75) is 45.1 Å². The van der Waals surface area contributed by atoms with Gasteiger partial charge in [0.05, 0.1) is 19.0 Å². The first-order valence-corrected chi connectivity index (χ1v) is 6.20. The number of imidazole rings is 1. The van der Waals surface area contributed by atoms with E-state index in [9.17, 15) is 23.1 Å². The van der Waals surface area contributed by atoms with Gasteiger partial charge in [-0.25, -0.2) is 9.78 Å². The van der Waals surface area contributed by atoms with E-state index in [1.165, 1.54) is 0 Å². The molecular formula is C12H18F3N3O3. The van der Waals surface area contributed by atoms with E-state index in [2.05, 4.69) is 10.3 Å². The quantitative estimate of drug-likeness (QED) is 0.889. The molecule has 1 rings (SSSR count). The van der Waals surface area contributed by atoms with Crippen LogP contribution in [-0.4, -0.2) is 39.0 Å². The van der Waals surface area contributed by atoms with Gasteiger partial charge in [0, 0.05) is 12.7 Å². The summed E-state index contributed by atoms with van der Waals surface area (Å²) in [6.07, 6.45) is -3.49. The van der Waals surface area contributed by atoms with E-state index in [1.807, 2.05) is 0 Å². The van der Waals surface area contributed by atoms with Gasteiger partial charge in [-0.1, -0.05) is 0 Å². The van der Waals surface area contributed by atoms with Crippen LogP contribution in [0.15, 0.2) is 12.5 Å². The SMILES string of the molecule is CC(C)(C)OC(=O)NC(CO)Cn1cnc(C(F)(F)F)c1. The summed E-state index contributed by atoms with van der Waals surface area (Å²) < 4.78 is 43.3. The predicted molar refractivity (Wildman–Crippen MR) is 67.5 cm³/mol. The maximum atomic E-state index is 12.4. The van der Waals surface area contributed by atoms with Crippen molar-refractivity contribution in [3.8, 4) is 0 Å². The molecule has 120 valence electrons. The molecule has 0 aliphatic carbocycles. The molecule has 0 aromatic carbocycles. The highest BCUT2D eigenvalue weighted by Gasteiger charge is 2.33. The summed E-state index contributed by atoms with van der Waals surface area (Å²) in [5.74, 6) is 0. The number of ether oxygens (including phenoxy) is 1. The molecule has 0 spiro atoms. The molecule has 0 aliphatic rings. The highest BCUT2D eigenvalue weighted by atomic mass is 19.4. The van der Waals surface area contributed by atoms with E-state index in [-0.39, 0.29) is 6.54 Å². The van der Waals surface area contributed by atoms with Gasteiger partial charge in [0.2, 0.25) is 0 Å². The fourth-order valence-electron chi connectivity index (χ4n) is 1.48. The number of aliphatic hydroxyl groups excluding tert-OH is 1. The number of alkyl carbamates (subject to hydrolysis) is 1. The van der Waals surface area contributed by atoms with Gasteiger partial charge in [-0.05, 0) is 20.8 Å². The zero-order valence-corrected chi connectivity index (χ0v) is 11.9. The van der Waals surface area contributed by atoms with E-state index < -0.39 is 36.2 Å². The number of hydrogen-bond donors (Lipinski definition) is 2. The Bertz CT molecular complexity index is 480. The molecule has 1 aromatic rings. The third-order valence-corrected chi connectivity index (χ3v) is 2.30. The van der Waals surface area contributed by atoms with E-state index in [0.29, 0.717) is 0 Å². The molecule has 0 bridgehead atoms. The van der Waals surface area contributed by atoms with Crippen LogP contribution in [0.4, 0.5) is 18.0 Å². The second-order valence-corrected chi connectivity index (χ2v) is 5.48. The topological polar surface area (TPSA) is 76.4 Å².